The lowest BCUT2D eigenvalue weighted by Crippen LogP contribution is -2.44. The van der Waals surface area contributed by atoms with Crippen LogP contribution in [-0.2, 0) is 14.9 Å². The van der Waals surface area contributed by atoms with E-state index < -0.39 is 22.3 Å². The molecule has 0 aliphatic carbocycles. The van der Waals surface area contributed by atoms with Crippen molar-refractivity contribution in [3.8, 4) is 12.3 Å². The van der Waals surface area contributed by atoms with Crippen molar-refractivity contribution < 1.29 is 17.9 Å². The Hall–Kier alpha value is -1.26. The van der Waals surface area contributed by atoms with Crippen LogP contribution < -0.4 is 9.44 Å². The van der Waals surface area contributed by atoms with Gasteiger partial charge >= 0.3 is 16.3 Å². The zero-order valence-corrected chi connectivity index (χ0v) is 9.43. The first-order chi connectivity index (χ1) is 6.91. The highest BCUT2D eigenvalue weighted by atomic mass is 32.2. The van der Waals surface area contributed by atoms with Crippen LogP contribution in [-0.4, -0.2) is 27.2 Å². The SMILES string of the molecule is C#CCC(C)NS(=O)(=O)NC(=O)OCC. The molecular formula is C8H14N2O4S. The van der Waals surface area contributed by atoms with Crippen LogP contribution in [0.25, 0.3) is 0 Å². The standard InChI is InChI=1S/C8H14N2O4S/c1-4-6-7(3)9-15(12,13)10-8(11)14-5-2/h1,7,9H,5-6H2,2-3H3,(H,10,11). The first-order valence-corrected chi connectivity index (χ1v) is 5.80. The zero-order chi connectivity index (χ0) is 11.9. The van der Waals surface area contributed by atoms with Crippen molar-refractivity contribution in [1.82, 2.24) is 9.44 Å². The molecule has 7 heteroatoms. The summed E-state index contributed by atoms with van der Waals surface area (Å²) in [6.45, 7) is 3.26. The maximum atomic E-state index is 11.2. The number of carbonyl (C=O) groups is 1. The van der Waals surface area contributed by atoms with E-state index in [1.54, 1.807) is 18.6 Å². The molecule has 15 heavy (non-hydrogen) atoms. The van der Waals surface area contributed by atoms with Gasteiger partial charge in [-0.05, 0) is 13.8 Å². The van der Waals surface area contributed by atoms with Crippen LogP contribution in [0.5, 0.6) is 0 Å². The monoisotopic (exact) mass is 234 g/mol. The maximum Gasteiger partial charge on any atom is 0.421 e. The molecule has 0 aliphatic heterocycles. The predicted molar refractivity (Wildman–Crippen MR) is 55.1 cm³/mol. The number of rotatable bonds is 5. The summed E-state index contributed by atoms with van der Waals surface area (Å²) in [7, 11) is -3.89. The summed E-state index contributed by atoms with van der Waals surface area (Å²) in [5, 5.41) is 0. The molecule has 0 aromatic rings. The highest BCUT2D eigenvalue weighted by molar-refractivity contribution is 7.88. The number of nitrogens with one attached hydrogen (secondary N) is 2. The van der Waals surface area contributed by atoms with Crippen molar-refractivity contribution in [1.29, 1.82) is 0 Å². The topological polar surface area (TPSA) is 84.5 Å². The summed E-state index contributed by atoms with van der Waals surface area (Å²) in [4.78, 5) is 10.8. The van der Waals surface area contributed by atoms with Crippen LogP contribution in [0.1, 0.15) is 20.3 Å². The van der Waals surface area contributed by atoms with Crippen molar-refractivity contribution in [2.24, 2.45) is 0 Å². The molecule has 0 aliphatic rings. The number of hydrogen-bond donors (Lipinski definition) is 2. The molecule has 0 fully saturated rings. The van der Waals surface area contributed by atoms with Gasteiger partial charge in [-0.15, -0.1) is 12.3 Å². The third-order valence-corrected chi connectivity index (χ3v) is 2.42. The van der Waals surface area contributed by atoms with Crippen LogP contribution in [0.4, 0.5) is 4.79 Å². The Morgan fingerprint density at radius 3 is 2.67 bits per heavy atom. The summed E-state index contributed by atoms with van der Waals surface area (Å²) in [6.07, 6.45) is 4.22. The van der Waals surface area contributed by atoms with Crippen LogP contribution in [0.3, 0.4) is 0 Å². The quantitative estimate of drug-likeness (QED) is 0.655. The van der Waals surface area contributed by atoms with Gasteiger partial charge in [0.05, 0.1) is 6.61 Å². The minimum atomic E-state index is -3.89. The molecule has 6 nitrogen and oxygen atoms in total. The molecule has 1 amide bonds. The van der Waals surface area contributed by atoms with Gasteiger partial charge in [0.1, 0.15) is 0 Å². The second-order valence-electron chi connectivity index (χ2n) is 2.75. The minimum Gasteiger partial charge on any atom is -0.449 e. The molecule has 86 valence electrons. The van der Waals surface area contributed by atoms with Gasteiger partial charge in [0.2, 0.25) is 0 Å². The van der Waals surface area contributed by atoms with Crippen molar-refractivity contribution in [2.75, 3.05) is 6.61 Å². The van der Waals surface area contributed by atoms with E-state index in [2.05, 4.69) is 15.4 Å². The average Bonchev–Trinajstić information content (AvgIpc) is 2.01. The number of hydrogen-bond acceptors (Lipinski definition) is 4. The van der Waals surface area contributed by atoms with E-state index >= 15 is 0 Å². The van der Waals surface area contributed by atoms with Crippen molar-refractivity contribution in [3.05, 3.63) is 0 Å². The summed E-state index contributed by atoms with van der Waals surface area (Å²) >= 11 is 0. The molecule has 0 saturated heterocycles. The van der Waals surface area contributed by atoms with E-state index in [1.807, 2.05) is 0 Å². The first kappa shape index (κ1) is 13.7. The van der Waals surface area contributed by atoms with E-state index in [9.17, 15) is 13.2 Å². The lowest BCUT2D eigenvalue weighted by molar-refractivity contribution is 0.158. The summed E-state index contributed by atoms with van der Waals surface area (Å²) < 4.78 is 30.7. The Kier molecular flexibility index (Phi) is 5.74. The van der Waals surface area contributed by atoms with Gasteiger partial charge < -0.3 is 4.74 Å². The normalized spacial score (nSPS) is 12.6. The van der Waals surface area contributed by atoms with E-state index in [0.29, 0.717) is 0 Å². The van der Waals surface area contributed by atoms with Gasteiger partial charge in [-0.3, -0.25) is 0 Å². The molecule has 1 atom stereocenters. The van der Waals surface area contributed by atoms with Crippen LogP contribution in [0.15, 0.2) is 0 Å². The summed E-state index contributed by atoms with van der Waals surface area (Å²) in [5.74, 6) is 2.30. The number of amides is 1. The summed E-state index contributed by atoms with van der Waals surface area (Å²) in [5.41, 5.74) is 0. The molecule has 0 saturated carbocycles. The minimum absolute atomic E-state index is 0.0985. The van der Waals surface area contributed by atoms with E-state index in [0.717, 1.165) is 0 Å². The average molecular weight is 234 g/mol. The Morgan fingerprint density at radius 1 is 1.60 bits per heavy atom. The second kappa shape index (κ2) is 6.27. The predicted octanol–water partition coefficient (Wildman–Crippen LogP) is -0.0213. The Labute approximate surface area is 89.6 Å². The first-order valence-electron chi connectivity index (χ1n) is 4.31. The molecular weight excluding hydrogens is 220 g/mol. The lowest BCUT2D eigenvalue weighted by atomic mass is 10.3. The third-order valence-electron chi connectivity index (χ3n) is 1.27. The fraction of sp³-hybridized carbons (Fsp3) is 0.625. The van der Waals surface area contributed by atoms with E-state index in [4.69, 9.17) is 6.42 Å². The Bertz CT molecular complexity index is 344. The Balaban J connectivity index is 4.20. The molecule has 0 rings (SSSR count). The molecule has 0 spiro atoms. The van der Waals surface area contributed by atoms with E-state index in [1.165, 1.54) is 0 Å². The van der Waals surface area contributed by atoms with Gasteiger partial charge in [0.15, 0.2) is 0 Å². The van der Waals surface area contributed by atoms with Crippen LogP contribution in [0, 0.1) is 12.3 Å². The molecule has 1 unspecified atom stereocenters. The number of ether oxygens (including phenoxy) is 1. The van der Waals surface area contributed by atoms with Gasteiger partial charge in [0.25, 0.3) is 0 Å². The molecule has 0 heterocycles. The number of carbonyl (C=O) groups excluding carboxylic acids is 1. The highest BCUT2D eigenvalue weighted by Gasteiger charge is 2.17. The van der Waals surface area contributed by atoms with Gasteiger partial charge in [-0.2, -0.15) is 13.1 Å². The molecule has 0 aromatic heterocycles. The molecule has 2 N–H and O–H groups in total. The number of terminal acetylenes is 1. The molecule has 0 aromatic carbocycles. The second-order valence-corrected chi connectivity index (χ2v) is 4.20. The zero-order valence-electron chi connectivity index (χ0n) is 8.61. The van der Waals surface area contributed by atoms with Crippen LogP contribution >= 0.6 is 0 Å². The summed E-state index contributed by atoms with van der Waals surface area (Å²) in [6, 6.07) is -0.443. The molecule has 0 bridgehead atoms. The van der Waals surface area contributed by atoms with E-state index in [-0.39, 0.29) is 13.0 Å². The highest BCUT2D eigenvalue weighted by Crippen LogP contribution is 1.91. The van der Waals surface area contributed by atoms with Crippen molar-refractivity contribution >= 4 is 16.3 Å². The van der Waals surface area contributed by atoms with Crippen molar-refractivity contribution in [2.45, 2.75) is 26.3 Å². The van der Waals surface area contributed by atoms with Gasteiger partial charge in [0, 0.05) is 12.5 Å². The fourth-order valence-electron chi connectivity index (χ4n) is 0.783. The largest absolute Gasteiger partial charge is 0.449 e. The Morgan fingerprint density at radius 2 is 2.20 bits per heavy atom. The smallest absolute Gasteiger partial charge is 0.421 e. The van der Waals surface area contributed by atoms with Gasteiger partial charge in [-0.1, -0.05) is 0 Å². The fourth-order valence-corrected chi connectivity index (χ4v) is 1.73. The lowest BCUT2D eigenvalue weighted by Gasteiger charge is -2.11. The van der Waals surface area contributed by atoms with Gasteiger partial charge in [-0.25, -0.2) is 9.52 Å². The van der Waals surface area contributed by atoms with Crippen LogP contribution in [0.2, 0.25) is 0 Å². The maximum absolute atomic E-state index is 11.2. The van der Waals surface area contributed by atoms with Crippen molar-refractivity contribution in [3.63, 3.8) is 0 Å². The molecule has 0 radical (unpaired) electrons. The third kappa shape index (κ3) is 6.76.